The fourth-order valence-electron chi connectivity index (χ4n) is 4.20. The average Bonchev–Trinajstić information content (AvgIpc) is 2.84. The number of nitrogens with zero attached hydrogens (tertiary/aromatic N) is 2. The number of hydrogen-bond donors (Lipinski definition) is 2. The van der Waals surface area contributed by atoms with Crippen molar-refractivity contribution in [2.45, 2.75) is 32.4 Å². The molecule has 0 saturated carbocycles. The van der Waals surface area contributed by atoms with Gasteiger partial charge < -0.3 is 15.2 Å². The van der Waals surface area contributed by atoms with E-state index in [2.05, 4.69) is 94.0 Å². The van der Waals surface area contributed by atoms with Crippen LogP contribution in [0.15, 0.2) is 83.7 Å². The zero-order valence-electron chi connectivity index (χ0n) is 19.4. The van der Waals surface area contributed by atoms with Gasteiger partial charge >= 0.3 is 0 Å². The van der Waals surface area contributed by atoms with Crippen LogP contribution in [0.2, 0.25) is 0 Å². The maximum atomic E-state index is 12.3. The zero-order valence-corrected chi connectivity index (χ0v) is 19.4. The third-order valence-corrected chi connectivity index (χ3v) is 5.95. The zero-order chi connectivity index (χ0) is 23.0. The molecule has 0 bridgehead atoms. The standard InChI is InChI=1S/C28H32N4O/c1-3-24-28(33)31-26-19-23(15-16-25(26)30-24)27(22-13-8-5-9-14-22)29-17-10-18-32(2)20-21-11-6-4-7-12-21/h4-9,11-16,19,27,29H,3,10,17-18,20H2,1-2H3,(H,31,33). The van der Waals surface area contributed by atoms with Crippen LogP contribution in [0.1, 0.15) is 41.8 Å². The molecule has 33 heavy (non-hydrogen) atoms. The van der Waals surface area contributed by atoms with Gasteiger partial charge in [-0.25, -0.2) is 4.98 Å². The van der Waals surface area contributed by atoms with Crippen LogP contribution in [0.4, 0.5) is 0 Å². The summed E-state index contributed by atoms with van der Waals surface area (Å²) in [6, 6.07) is 27.2. The van der Waals surface area contributed by atoms with Crippen molar-refractivity contribution in [3.8, 4) is 0 Å². The lowest BCUT2D eigenvalue weighted by atomic mass is 9.98. The first-order chi connectivity index (χ1) is 16.1. The van der Waals surface area contributed by atoms with E-state index < -0.39 is 0 Å². The molecule has 0 aliphatic heterocycles. The molecule has 0 spiro atoms. The fraction of sp³-hybridized carbons (Fsp3) is 0.286. The van der Waals surface area contributed by atoms with Gasteiger partial charge in [0.05, 0.1) is 17.1 Å². The molecule has 0 amide bonds. The van der Waals surface area contributed by atoms with Gasteiger partial charge in [-0.1, -0.05) is 73.7 Å². The van der Waals surface area contributed by atoms with Gasteiger partial charge in [-0.15, -0.1) is 0 Å². The van der Waals surface area contributed by atoms with Crippen molar-refractivity contribution in [2.75, 3.05) is 20.1 Å². The highest BCUT2D eigenvalue weighted by Gasteiger charge is 2.15. The Balaban J connectivity index is 1.46. The molecule has 5 nitrogen and oxygen atoms in total. The molecular weight excluding hydrogens is 408 g/mol. The van der Waals surface area contributed by atoms with Gasteiger partial charge in [0.1, 0.15) is 5.69 Å². The summed E-state index contributed by atoms with van der Waals surface area (Å²) in [6.45, 7) is 4.80. The predicted octanol–water partition coefficient (Wildman–Crippen LogP) is 4.69. The normalized spacial score (nSPS) is 12.3. The molecule has 0 fully saturated rings. The largest absolute Gasteiger partial charge is 0.319 e. The van der Waals surface area contributed by atoms with Gasteiger partial charge in [-0.05, 0) is 61.8 Å². The molecule has 4 aromatic rings. The first kappa shape index (κ1) is 22.9. The second-order valence-corrected chi connectivity index (χ2v) is 8.52. The summed E-state index contributed by atoms with van der Waals surface area (Å²) in [5.41, 5.74) is 5.73. The minimum Gasteiger partial charge on any atom is -0.319 e. The number of aryl methyl sites for hydroxylation is 1. The van der Waals surface area contributed by atoms with Crippen molar-refractivity contribution in [1.82, 2.24) is 20.2 Å². The van der Waals surface area contributed by atoms with Gasteiger partial charge in [-0.3, -0.25) is 4.79 Å². The number of rotatable bonds is 10. The van der Waals surface area contributed by atoms with E-state index in [0.717, 1.165) is 42.7 Å². The highest BCUT2D eigenvalue weighted by Crippen LogP contribution is 2.24. The summed E-state index contributed by atoms with van der Waals surface area (Å²) < 4.78 is 0. The van der Waals surface area contributed by atoms with E-state index in [-0.39, 0.29) is 11.6 Å². The van der Waals surface area contributed by atoms with Crippen molar-refractivity contribution < 1.29 is 0 Å². The summed E-state index contributed by atoms with van der Waals surface area (Å²) in [5.74, 6) is 0. The minimum absolute atomic E-state index is 0.0457. The first-order valence-corrected chi connectivity index (χ1v) is 11.7. The molecule has 0 aliphatic rings. The van der Waals surface area contributed by atoms with Crippen molar-refractivity contribution in [2.24, 2.45) is 0 Å². The molecule has 1 unspecified atom stereocenters. The van der Waals surface area contributed by atoms with Crippen LogP contribution in [-0.4, -0.2) is 35.0 Å². The SMILES string of the molecule is CCc1nc2ccc(C(NCCCN(C)Cc3ccccc3)c3ccccc3)cc2[nH]c1=O. The lowest BCUT2D eigenvalue weighted by molar-refractivity contribution is 0.318. The number of aromatic amines is 1. The van der Waals surface area contributed by atoms with Crippen LogP contribution in [0.3, 0.4) is 0 Å². The second kappa shape index (κ2) is 11.0. The smallest absolute Gasteiger partial charge is 0.270 e. The Kier molecular flexibility index (Phi) is 7.66. The van der Waals surface area contributed by atoms with Gasteiger partial charge in [-0.2, -0.15) is 0 Å². The Bertz CT molecular complexity index is 1220. The van der Waals surface area contributed by atoms with Crippen molar-refractivity contribution in [3.05, 3.63) is 112 Å². The minimum atomic E-state index is -0.104. The number of hydrogen-bond acceptors (Lipinski definition) is 4. The lowest BCUT2D eigenvalue weighted by Crippen LogP contribution is -2.27. The molecule has 0 saturated heterocycles. The van der Waals surface area contributed by atoms with E-state index in [1.54, 1.807) is 0 Å². The summed E-state index contributed by atoms with van der Waals surface area (Å²) in [4.78, 5) is 22.2. The van der Waals surface area contributed by atoms with Crippen LogP contribution in [0, 0.1) is 0 Å². The predicted molar refractivity (Wildman–Crippen MR) is 135 cm³/mol. The molecule has 2 N–H and O–H groups in total. The quantitative estimate of drug-likeness (QED) is 0.351. The number of nitrogens with one attached hydrogen (secondary N) is 2. The van der Waals surface area contributed by atoms with Crippen molar-refractivity contribution in [3.63, 3.8) is 0 Å². The molecule has 5 heteroatoms. The van der Waals surface area contributed by atoms with Crippen LogP contribution in [-0.2, 0) is 13.0 Å². The molecule has 1 aromatic heterocycles. The Labute approximate surface area is 195 Å². The van der Waals surface area contributed by atoms with Crippen LogP contribution < -0.4 is 10.9 Å². The summed E-state index contributed by atoms with van der Waals surface area (Å²) >= 11 is 0. The molecule has 4 rings (SSSR count). The topological polar surface area (TPSA) is 61.0 Å². The van der Waals surface area contributed by atoms with Crippen molar-refractivity contribution >= 4 is 11.0 Å². The number of aromatic nitrogens is 2. The fourth-order valence-corrected chi connectivity index (χ4v) is 4.20. The molecule has 3 aromatic carbocycles. The molecular formula is C28H32N4O. The Morgan fingerprint density at radius 1 is 0.970 bits per heavy atom. The molecule has 1 heterocycles. The van der Waals surface area contributed by atoms with Crippen molar-refractivity contribution in [1.29, 1.82) is 0 Å². The van der Waals surface area contributed by atoms with Gasteiger partial charge in [0, 0.05) is 6.54 Å². The molecule has 170 valence electrons. The van der Waals surface area contributed by atoms with Crippen LogP contribution in [0.5, 0.6) is 0 Å². The Morgan fingerprint density at radius 2 is 1.70 bits per heavy atom. The Hall–Kier alpha value is -3.28. The average molecular weight is 441 g/mol. The van der Waals surface area contributed by atoms with E-state index in [4.69, 9.17) is 0 Å². The number of H-pyrrole nitrogens is 1. The third-order valence-electron chi connectivity index (χ3n) is 5.95. The summed E-state index contributed by atoms with van der Waals surface area (Å²) in [6.07, 6.45) is 1.67. The van der Waals surface area contributed by atoms with Gasteiger partial charge in [0.15, 0.2) is 0 Å². The van der Waals surface area contributed by atoms with Gasteiger partial charge in [0.25, 0.3) is 5.56 Å². The number of fused-ring (bicyclic) bond motifs is 1. The van der Waals surface area contributed by atoms with E-state index in [1.165, 1.54) is 11.1 Å². The number of benzene rings is 3. The van der Waals surface area contributed by atoms with E-state index >= 15 is 0 Å². The monoisotopic (exact) mass is 440 g/mol. The van der Waals surface area contributed by atoms with Gasteiger partial charge in [0.2, 0.25) is 0 Å². The Morgan fingerprint density at radius 3 is 2.42 bits per heavy atom. The van der Waals surface area contributed by atoms with Crippen LogP contribution >= 0.6 is 0 Å². The summed E-state index contributed by atoms with van der Waals surface area (Å²) in [7, 11) is 2.17. The molecule has 0 radical (unpaired) electrons. The van der Waals surface area contributed by atoms with E-state index in [1.807, 2.05) is 19.1 Å². The maximum Gasteiger partial charge on any atom is 0.270 e. The highest BCUT2D eigenvalue weighted by atomic mass is 16.1. The van der Waals surface area contributed by atoms with Crippen LogP contribution in [0.25, 0.3) is 11.0 Å². The maximum absolute atomic E-state index is 12.3. The first-order valence-electron chi connectivity index (χ1n) is 11.7. The second-order valence-electron chi connectivity index (χ2n) is 8.52. The third kappa shape index (κ3) is 5.95. The summed E-state index contributed by atoms with van der Waals surface area (Å²) in [5, 5.41) is 3.73. The van der Waals surface area contributed by atoms with E-state index in [9.17, 15) is 4.79 Å². The molecule has 1 atom stereocenters. The highest BCUT2D eigenvalue weighted by molar-refractivity contribution is 5.75. The lowest BCUT2D eigenvalue weighted by Gasteiger charge is -2.22. The van der Waals surface area contributed by atoms with E-state index in [0.29, 0.717) is 12.1 Å². The molecule has 0 aliphatic carbocycles.